The predicted octanol–water partition coefficient (Wildman–Crippen LogP) is 4.86. The van der Waals surface area contributed by atoms with E-state index in [1.807, 2.05) is 13.0 Å². The van der Waals surface area contributed by atoms with E-state index < -0.39 is 33.3 Å². The van der Waals surface area contributed by atoms with Gasteiger partial charge in [-0.2, -0.15) is 13.2 Å². The average Bonchev–Trinajstić information content (AvgIpc) is 3.09. The second-order valence-corrected chi connectivity index (χ2v) is 12.5. The molecule has 3 saturated carbocycles. The van der Waals surface area contributed by atoms with E-state index in [1.54, 1.807) is 0 Å². The normalized spacial score (nSPS) is 36.1. The molecule has 0 aromatic heterocycles. The Bertz CT molecular complexity index is 923. The van der Waals surface area contributed by atoms with Crippen LogP contribution in [0.1, 0.15) is 65.2 Å². The van der Waals surface area contributed by atoms with Crippen LogP contribution >= 0.6 is 0 Å². The molecule has 0 amide bonds. The number of ether oxygens (including phenoxy) is 1. The quantitative estimate of drug-likeness (QED) is 0.482. The summed E-state index contributed by atoms with van der Waals surface area (Å²) in [6, 6.07) is 0. The van der Waals surface area contributed by atoms with E-state index in [4.69, 9.17) is 4.74 Å². The van der Waals surface area contributed by atoms with Gasteiger partial charge in [0.2, 0.25) is 9.84 Å². The van der Waals surface area contributed by atoms with Gasteiger partial charge in [0.1, 0.15) is 0 Å². The van der Waals surface area contributed by atoms with Crippen LogP contribution in [0.2, 0.25) is 0 Å². The van der Waals surface area contributed by atoms with Crippen LogP contribution < -0.4 is 0 Å². The molecular formula is C25H37F3O5S. The largest absolute Gasteiger partial charge is 0.497 e. The van der Waals surface area contributed by atoms with E-state index in [0.717, 1.165) is 37.7 Å². The highest BCUT2D eigenvalue weighted by molar-refractivity contribution is 7.92. The minimum Gasteiger partial charge on any atom is -0.393 e. The van der Waals surface area contributed by atoms with Crippen LogP contribution in [0.5, 0.6) is 0 Å². The van der Waals surface area contributed by atoms with Gasteiger partial charge in [-0.15, -0.1) is 0 Å². The summed E-state index contributed by atoms with van der Waals surface area (Å²) in [6.45, 7) is 8.16. The molecule has 3 fully saturated rings. The third-order valence-electron chi connectivity index (χ3n) is 8.16. The number of hydrogen-bond acceptors (Lipinski definition) is 5. The van der Waals surface area contributed by atoms with Crippen LogP contribution in [0.25, 0.3) is 0 Å². The molecule has 9 heteroatoms. The smallest absolute Gasteiger partial charge is 0.393 e. The van der Waals surface area contributed by atoms with Gasteiger partial charge in [-0.05, 0) is 80.3 Å². The Kier molecular flexibility index (Phi) is 8.43. The number of hydrogen-bond donors (Lipinski definition) is 2. The summed E-state index contributed by atoms with van der Waals surface area (Å²) in [5, 5.41) is 20.1. The first-order chi connectivity index (χ1) is 15.8. The number of alkyl halides is 3. The average molecular weight is 507 g/mol. The van der Waals surface area contributed by atoms with Crippen molar-refractivity contribution in [2.24, 2.45) is 17.3 Å². The van der Waals surface area contributed by atoms with Crippen LogP contribution in [0.3, 0.4) is 0 Å². The van der Waals surface area contributed by atoms with Gasteiger partial charge >= 0.3 is 5.51 Å². The van der Waals surface area contributed by atoms with Gasteiger partial charge in [0.05, 0.1) is 24.1 Å². The summed E-state index contributed by atoms with van der Waals surface area (Å²) in [6.07, 6.45) is 8.27. The zero-order valence-corrected chi connectivity index (χ0v) is 20.8. The first kappa shape index (κ1) is 27.4. The maximum atomic E-state index is 12.5. The second kappa shape index (κ2) is 10.4. The number of sulfone groups is 1. The van der Waals surface area contributed by atoms with Crippen LogP contribution in [-0.4, -0.2) is 54.8 Å². The Hall–Kier alpha value is -1.16. The van der Waals surface area contributed by atoms with Crippen molar-refractivity contribution in [2.75, 3.05) is 12.4 Å². The van der Waals surface area contributed by atoms with E-state index in [-0.39, 0.29) is 30.5 Å². The van der Waals surface area contributed by atoms with Crippen LogP contribution in [0.4, 0.5) is 13.2 Å². The summed E-state index contributed by atoms with van der Waals surface area (Å²) in [4.78, 5) is 0. The van der Waals surface area contributed by atoms with Gasteiger partial charge in [-0.3, -0.25) is 0 Å². The standard InChI is InChI=1S/C25H37F3O5S/c1-16-19(14-20(29)15-23(16)30)8-7-18-6-4-11-24(3)21(9-10-22(18)24)17(2)33-12-5-13-34(31,32)25(26,27)28/h7-8,17,20-23,29-30H,1,4-6,9-15H2,2-3H3/b18-7+,19-8-/t17-,20-,21-,22+,23+,24-/m1/s1. The second-order valence-electron chi connectivity index (χ2n) is 10.4. The Labute approximate surface area is 200 Å². The number of fused-ring (bicyclic) bond motifs is 1. The number of aliphatic hydroxyl groups is 2. The first-order valence-corrected chi connectivity index (χ1v) is 13.8. The van der Waals surface area contributed by atoms with E-state index >= 15 is 0 Å². The lowest BCUT2D eigenvalue weighted by atomic mass is 9.62. The Balaban J connectivity index is 1.63. The summed E-state index contributed by atoms with van der Waals surface area (Å²) in [5.41, 5.74) is -2.33. The minimum absolute atomic E-state index is 0.00263. The molecule has 3 rings (SSSR count). The highest BCUT2D eigenvalue weighted by Gasteiger charge is 2.51. The maximum Gasteiger partial charge on any atom is 0.497 e. The summed E-state index contributed by atoms with van der Waals surface area (Å²) < 4.78 is 65.9. The van der Waals surface area contributed by atoms with Gasteiger partial charge in [-0.25, -0.2) is 8.42 Å². The van der Waals surface area contributed by atoms with Gasteiger partial charge in [0.25, 0.3) is 0 Å². The molecule has 5 nitrogen and oxygen atoms in total. The van der Waals surface area contributed by atoms with Crippen LogP contribution in [0, 0.1) is 17.3 Å². The molecule has 34 heavy (non-hydrogen) atoms. The Morgan fingerprint density at radius 2 is 1.97 bits per heavy atom. The fourth-order valence-electron chi connectivity index (χ4n) is 6.27. The van der Waals surface area contributed by atoms with Crippen molar-refractivity contribution in [3.8, 4) is 0 Å². The van der Waals surface area contributed by atoms with Gasteiger partial charge in [0, 0.05) is 13.0 Å². The molecule has 0 aliphatic heterocycles. The zero-order valence-electron chi connectivity index (χ0n) is 20.0. The topological polar surface area (TPSA) is 83.8 Å². The van der Waals surface area contributed by atoms with E-state index in [2.05, 4.69) is 19.6 Å². The highest BCUT2D eigenvalue weighted by Crippen LogP contribution is 2.58. The molecule has 6 atom stereocenters. The Morgan fingerprint density at radius 1 is 1.26 bits per heavy atom. The predicted molar refractivity (Wildman–Crippen MR) is 125 cm³/mol. The van der Waals surface area contributed by atoms with Crippen molar-refractivity contribution in [1.29, 1.82) is 0 Å². The van der Waals surface area contributed by atoms with Gasteiger partial charge in [-0.1, -0.05) is 31.2 Å². The molecule has 0 spiro atoms. The molecule has 3 aliphatic rings. The fraction of sp³-hybridized carbons (Fsp3) is 0.760. The summed E-state index contributed by atoms with van der Waals surface area (Å²) in [5.74, 6) is -0.350. The SMILES string of the molecule is C=C1/C(=C\C=C2/CCC[C@]3(C)[C@@H]([C@@H](C)OCCCS(=O)(=O)C(F)(F)F)CC[C@@H]23)C[C@@H](O)C[C@@H]1O. The number of aliphatic hydroxyl groups excluding tert-OH is 2. The number of halogens is 3. The van der Waals surface area contributed by atoms with Crippen LogP contribution in [-0.2, 0) is 14.6 Å². The lowest BCUT2D eigenvalue weighted by Gasteiger charge is -2.44. The molecule has 2 N–H and O–H groups in total. The van der Waals surface area contributed by atoms with Crippen molar-refractivity contribution >= 4 is 9.84 Å². The van der Waals surface area contributed by atoms with Gasteiger partial charge in [0.15, 0.2) is 0 Å². The van der Waals surface area contributed by atoms with Crippen LogP contribution in [0.15, 0.2) is 35.5 Å². The molecule has 0 aromatic carbocycles. The third kappa shape index (κ3) is 5.79. The van der Waals surface area contributed by atoms with E-state index in [0.29, 0.717) is 24.3 Å². The van der Waals surface area contributed by atoms with Gasteiger partial charge < -0.3 is 14.9 Å². The maximum absolute atomic E-state index is 12.5. The third-order valence-corrected chi connectivity index (χ3v) is 9.69. The van der Waals surface area contributed by atoms with Crippen molar-refractivity contribution in [3.05, 3.63) is 35.5 Å². The van der Waals surface area contributed by atoms with Crippen molar-refractivity contribution < 1.29 is 36.5 Å². The van der Waals surface area contributed by atoms with Crippen molar-refractivity contribution in [2.45, 2.75) is 89.0 Å². The molecule has 0 saturated heterocycles. The lowest BCUT2D eigenvalue weighted by Crippen LogP contribution is -2.39. The van der Waals surface area contributed by atoms with E-state index in [1.165, 1.54) is 5.57 Å². The summed E-state index contributed by atoms with van der Waals surface area (Å²) in [7, 11) is -5.11. The van der Waals surface area contributed by atoms with Crippen molar-refractivity contribution in [3.63, 3.8) is 0 Å². The fourth-order valence-corrected chi connectivity index (χ4v) is 7.00. The molecule has 0 unspecified atom stereocenters. The lowest BCUT2D eigenvalue weighted by molar-refractivity contribution is -0.0442. The zero-order chi connectivity index (χ0) is 25.3. The minimum atomic E-state index is -5.22. The molecule has 0 radical (unpaired) electrons. The molecule has 0 aromatic rings. The first-order valence-electron chi connectivity index (χ1n) is 12.1. The van der Waals surface area contributed by atoms with Crippen molar-refractivity contribution in [1.82, 2.24) is 0 Å². The molecular weight excluding hydrogens is 469 g/mol. The van der Waals surface area contributed by atoms with E-state index in [9.17, 15) is 31.8 Å². The highest BCUT2D eigenvalue weighted by atomic mass is 32.2. The number of allylic oxidation sites excluding steroid dienone is 3. The monoisotopic (exact) mass is 506 g/mol. The molecule has 3 aliphatic carbocycles. The molecule has 194 valence electrons. The number of rotatable bonds is 7. The molecule has 0 heterocycles. The summed E-state index contributed by atoms with van der Waals surface area (Å²) >= 11 is 0. The molecule has 0 bridgehead atoms. The Morgan fingerprint density at radius 3 is 2.65 bits per heavy atom.